The zero-order valence-electron chi connectivity index (χ0n) is 16.5. The second kappa shape index (κ2) is 8.45. The Balaban J connectivity index is 1.69. The standard InChI is InChI=1S/C20H28FN3O4/c1-3-23-10-9-22(13-18(23)25)14-20(27)7-4-8-24(19(20)26)12-15-11-16(28-2)5-6-17(15)21/h5-6,11,27H,3-4,7-10,12-14H2,1-2H3/t20-/m0/s1. The summed E-state index contributed by atoms with van der Waals surface area (Å²) in [5.74, 6) is -0.297. The maximum absolute atomic E-state index is 14.2. The van der Waals surface area contributed by atoms with Crippen molar-refractivity contribution in [2.24, 2.45) is 0 Å². The van der Waals surface area contributed by atoms with Crippen LogP contribution in [0.25, 0.3) is 0 Å². The molecule has 1 N–H and O–H groups in total. The number of ether oxygens (including phenoxy) is 1. The fourth-order valence-corrected chi connectivity index (χ4v) is 3.96. The van der Waals surface area contributed by atoms with Gasteiger partial charge in [0.2, 0.25) is 5.91 Å². The van der Waals surface area contributed by atoms with Gasteiger partial charge in [-0.1, -0.05) is 0 Å². The summed E-state index contributed by atoms with van der Waals surface area (Å²) in [4.78, 5) is 30.2. The number of carbonyl (C=O) groups excluding carboxylic acids is 2. The number of halogens is 1. The molecular weight excluding hydrogens is 365 g/mol. The molecule has 0 spiro atoms. The van der Waals surface area contributed by atoms with Gasteiger partial charge in [0.25, 0.3) is 5.91 Å². The monoisotopic (exact) mass is 393 g/mol. The highest BCUT2D eigenvalue weighted by atomic mass is 19.1. The van der Waals surface area contributed by atoms with Crippen LogP contribution in [0.2, 0.25) is 0 Å². The molecule has 0 aromatic heterocycles. The normalized spacial score (nSPS) is 24.0. The topological polar surface area (TPSA) is 73.3 Å². The van der Waals surface area contributed by atoms with E-state index in [9.17, 15) is 19.1 Å². The van der Waals surface area contributed by atoms with E-state index < -0.39 is 17.3 Å². The number of piperidine rings is 1. The highest BCUT2D eigenvalue weighted by molar-refractivity contribution is 5.86. The lowest BCUT2D eigenvalue weighted by molar-refractivity contribution is -0.162. The zero-order valence-corrected chi connectivity index (χ0v) is 16.5. The number of aliphatic hydroxyl groups is 1. The molecule has 2 amide bonds. The number of rotatable bonds is 6. The van der Waals surface area contributed by atoms with Gasteiger partial charge in [0, 0.05) is 44.8 Å². The van der Waals surface area contributed by atoms with Crippen molar-refractivity contribution in [2.45, 2.75) is 31.9 Å². The summed E-state index contributed by atoms with van der Waals surface area (Å²) in [6.07, 6.45) is 0.960. The van der Waals surface area contributed by atoms with E-state index in [1.54, 1.807) is 11.0 Å². The van der Waals surface area contributed by atoms with Gasteiger partial charge in [-0.3, -0.25) is 14.5 Å². The Bertz CT molecular complexity index is 744. The molecule has 2 aliphatic rings. The van der Waals surface area contributed by atoms with E-state index in [0.717, 1.165) is 0 Å². The number of likely N-dealkylation sites (tertiary alicyclic amines) is 1. The number of β-amino-alcohol motifs (C(OH)–C–C–N with tert-alkyl or cyclic N) is 1. The molecule has 7 nitrogen and oxygen atoms in total. The largest absolute Gasteiger partial charge is 0.497 e. The quantitative estimate of drug-likeness (QED) is 0.776. The summed E-state index contributed by atoms with van der Waals surface area (Å²) < 4.78 is 19.3. The van der Waals surface area contributed by atoms with Crippen LogP contribution in [-0.4, -0.2) is 83.6 Å². The first-order valence-electron chi connectivity index (χ1n) is 9.70. The Kier molecular flexibility index (Phi) is 6.20. The summed E-state index contributed by atoms with van der Waals surface area (Å²) in [5.41, 5.74) is -1.20. The first-order chi connectivity index (χ1) is 13.4. The van der Waals surface area contributed by atoms with Gasteiger partial charge in [-0.25, -0.2) is 4.39 Å². The minimum absolute atomic E-state index is 0.0101. The van der Waals surface area contributed by atoms with Crippen LogP contribution in [0.5, 0.6) is 5.75 Å². The van der Waals surface area contributed by atoms with Crippen LogP contribution in [0.3, 0.4) is 0 Å². The van der Waals surface area contributed by atoms with Crippen LogP contribution in [0, 0.1) is 5.82 Å². The molecule has 0 radical (unpaired) electrons. The Morgan fingerprint density at radius 2 is 2.00 bits per heavy atom. The number of piperazine rings is 1. The fourth-order valence-electron chi connectivity index (χ4n) is 3.96. The number of nitrogens with zero attached hydrogens (tertiary/aromatic N) is 3. The first-order valence-corrected chi connectivity index (χ1v) is 9.70. The molecule has 2 fully saturated rings. The van der Waals surface area contributed by atoms with Gasteiger partial charge in [-0.05, 0) is 38.0 Å². The number of hydrogen-bond acceptors (Lipinski definition) is 5. The molecule has 2 aliphatic heterocycles. The van der Waals surface area contributed by atoms with Crippen molar-refractivity contribution in [1.29, 1.82) is 0 Å². The third kappa shape index (κ3) is 4.28. The van der Waals surface area contributed by atoms with Crippen LogP contribution in [0.4, 0.5) is 4.39 Å². The predicted molar refractivity (Wildman–Crippen MR) is 101 cm³/mol. The van der Waals surface area contributed by atoms with Crippen LogP contribution in [0.15, 0.2) is 18.2 Å². The van der Waals surface area contributed by atoms with Crippen LogP contribution in [0.1, 0.15) is 25.3 Å². The average Bonchev–Trinajstić information content (AvgIpc) is 2.67. The third-order valence-corrected chi connectivity index (χ3v) is 5.58. The van der Waals surface area contributed by atoms with Crippen LogP contribution >= 0.6 is 0 Å². The summed E-state index contributed by atoms with van der Waals surface area (Å²) in [6, 6.07) is 4.41. The Morgan fingerprint density at radius 1 is 1.21 bits per heavy atom. The molecule has 2 heterocycles. The third-order valence-electron chi connectivity index (χ3n) is 5.58. The molecule has 154 valence electrons. The summed E-state index contributed by atoms with van der Waals surface area (Å²) in [6.45, 7) is 4.67. The molecule has 2 saturated heterocycles. The second-order valence-electron chi connectivity index (χ2n) is 7.50. The molecule has 0 unspecified atom stereocenters. The molecule has 3 rings (SSSR count). The van der Waals surface area contributed by atoms with Gasteiger partial charge >= 0.3 is 0 Å². The molecule has 28 heavy (non-hydrogen) atoms. The SMILES string of the molecule is CCN1CCN(C[C@@]2(O)CCCN(Cc3cc(OC)ccc3F)C2=O)CC1=O. The maximum atomic E-state index is 14.2. The van der Waals surface area contributed by atoms with E-state index in [1.165, 1.54) is 24.1 Å². The minimum Gasteiger partial charge on any atom is -0.497 e. The van der Waals surface area contributed by atoms with Gasteiger partial charge in [0.05, 0.1) is 13.7 Å². The van der Waals surface area contributed by atoms with Crippen LogP contribution < -0.4 is 4.74 Å². The number of carbonyl (C=O) groups is 2. The average molecular weight is 393 g/mol. The van der Waals surface area contributed by atoms with Crippen molar-refractivity contribution in [3.8, 4) is 5.75 Å². The first kappa shape index (κ1) is 20.5. The fraction of sp³-hybridized carbons (Fsp3) is 0.600. The van der Waals surface area contributed by atoms with Crippen molar-refractivity contribution in [1.82, 2.24) is 14.7 Å². The van der Waals surface area contributed by atoms with Gasteiger partial charge in [0.15, 0.2) is 5.60 Å². The van der Waals surface area contributed by atoms with Crippen molar-refractivity contribution in [2.75, 3.05) is 46.4 Å². The van der Waals surface area contributed by atoms with Gasteiger partial charge in [-0.15, -0.1) is 0 Å². The molecule has 1 aromatic carbocycles. The summed E-state index contributed by atoms with van der Waals surface area (Å²) in [5, 5.41) is 11.0. The van der Waals surface area contributed by atoms with Crippen molar-refractivity contribution < 1.29 is 23.8 Å². The highest BCUT2D eigenvalue weighted by Gasteiger charge is 2.44. The number of hydrogen-bond donors (Lipinski definition) is 1. The summed E-state index contributed by atoms with van der Waals surface area (Å²) >= 11 is 0. The lowest BCUT2D eigenvalue weighted by Crippen LogP contribution is -2.61. The Morgan fingerprint density at radius 3 is 2.68 bits per heavy atom. The molecule has 8 heteroatoms. The number of likely N-dealkylation sites (N-methyl/N-ethyl adjacent to an activating group) is 1. The lowest BCUT2D eigenvalue weighted by Gasteiger charge is -2.42. The number of amides is 2. The van der Waals surface area contributed by atoms with Crippen molar-refractivity contribution >= 4 is 11.8 Å². The molecule has 1 atom stereocenters. The van der Waals surface area contributed by atoms with E-state index in [1.807, 2.05) is 11.8 Å². The predicted octanol–water partition coefficient (Wildman–Crippen LogP) is 0.852. The minimum atomic E-state index is -1.55. The smallest absolute Gasteiger partial charge is 0.256 e. The van der Waals surface area contributed by atoms with Crippen molar-refractivity contribution in [3.63, 3.8) is 0 Å². The van der Waals surface area contributed by atoms with E-state index in [4.69, 9.17) is 4.74 Å². The second-order valence-corrected chi connectivity index (χ2v) is 7.50. The van der Waals surface area contributed by atoms with E-state index in [0.29, 0.717) is 50.3 Å². The molecule has 0 aliphatic carbocycles. The van der Waals surface area contributed by atoms with Gasteiger partial charge in [-0.2, -0.15) is 0 Å². The molecule has 0 saturated carbocycles. The maximum Gasteiger partial charge on any atom is 0.256 e. The highest BCUT2D eigenvalue weighted by Crippen LogP contribution is 2.27. The van der Waals surface area contributed by atoms with Crippen LogP contribution in [-0.2, 0) is 16.1 Å². The van der Waals surface area contributed by atoms with Crippen molar-refractivity contribution in [3.05, 3.63) is 29.6 Å². The lowest BCUT2D eigenvalue weighted by atomic mass is 9.90. The summed E-state index contributed by atoms with van der Waals surface area (Å²) in [7, 11) is 1.50. The zero-order chi connectivity index (χ0) is 20.3. The molecule has 1 aromatic rings. The number of benzene rings is 1. The number of methoxy groups -OCH3 is 1. The van der Waals surface area contributed by atoms with E-state index in [2.05, 4.69) is 0 Å². The van der Waals surface area contributed by atoms with Gasteiger partial charge in [0.1, 0.15) is 11.6 Å². The Labute approximate surface area is 164 Å². The molecule has 0 bridgehead atoms. The van der Waals surface area contributed by atoms with E-state index in [-0.39, 0.29) is 25.5 Å². The molecular formula is C20H28FN3O4. The Hall–Kier alpha value is -2.19. The van der Waals surface area contributed by atoms with Gasteiger partial charge < -0.3 is 19.6 Å². The van der Waals surface area contributed by atoms with E-state index >= 15 is 0 Å².